The van der Waals surface area contributed by atoms with Gasteiger partial charge in [-0.15, -0.1) is 0 Å². The van der Waals surface area contributed by atoms with Gasteiger partial charge in [-0.1, -0.05) is 218 Å². The van der Waals surface area contributed by atoms with Crippen molar-refractivity contribution in [2.75, 3.05) is 9.80 Å². The van der Waals surface area contributed by atoms with E-state index in [2.05, 4.69) is 178 Å². The molecule has 0 saturated heterocycles. The molecule has 454 valence electrons. The van der Waals surface area contributed by atoms with E-state index in [1.807, 2.05) is 158 Å². The van der Waals surface area contributed by atoms with Crippen LogP contribution in [0.15, 0.2) is 322 Å². The van der Waals surface area contributed by atoms with Gasteiger partial charge in [-0.2, -0.15) is 0 Å². The summed E-state index contributed by atoms with van der Waals surface area (Å²) in [5, 5.41) is 1.50. The Hall–Kier alpha value is -12.7. The molecule has 2 aliphatic rings. The maximum Gasteiger partial charge on any atom is 0.338 e. The maximum atomic E-state index is 14.0. The molecule has 0 spiro atoms. The van der Waals surface area contributed by atoms with Gasteiger partial charge in [0.15, 0.2) is 17.5 Å². The third-order valence-electron chi connectivity index (χ3n) is 18.3. The summed E-state index contributed by atoms with van der Waals surface area (Å²) in [6.45, 7) is 0.260. The van der Waals surface area contributed by atoms with Gasteiger partial charge in [0.2, 0.25) is 0 Å². The van der Waals surface area contributed by atoms with Crippen LogP contribution in [0.25, 0.3) is 83.9 Å². The van der Waals surface area contributed by atoms with Gasteiger partial charge in [0.05, 0.1) is 27.8 Å². The van der Waals surface area contributed by atoms with Crippen LogP contribution >= 0.6 is 0 Å². The summed E-state index contributed by atoms with van der Waals surface area (Å²) in [5.74, 6) is 0.676. The van der Waals surface area contributed by atoms with Gasteiger partial charge in [-0.05, 0) is 147 Å². The monoisotopic (exact) mass is 1240 g/mol. The average molecular weight is 1240 g/mol. The summed E-state index contributed by atoms with van der Waals surface area (Å²) < 4.78 is 14.0. The molecule has 2 aliphatic heterocycles. The second-order valence-electron chi connectivity index (χ2n) is 24.1. The molecule has 0 amide bonds. The highest BCUT2D eigenvalue weighted by Gasteiger charge is 2.43. The molecule has 0 bridgehead atoms. The maximum absolute atomic E-state index is 14.0. The zero-order valence-electron chi connectivity index (χ0n) is 51.9. The summed E-state index contributed by atoms with van der Waals surface area (Å²) in [6, 6.07) is 110. The fraction of sp³-hybridized carbons (Fsp3) is 0.0235. The summed E-state index contributed by atoms with van der Waals surface area (Å²) in [4.78, 5) is 48.4. The van der Waals surface area contributed by atoms with E-state index in [1.54, 1.807) is 0 Å². The van der Waals surface area contributed by atoms with Gasteiger partial charge < -0.3 is 23.8 Å². The first-order chi connectivity index (χ1) is 47.4. The van der Waals surface area contributed by atoms with E-state index >= 15 is 0 Å². The van der Waals surface area contributed by atoms with Crippen molar-refractivity contribution in [2.24, 2.45) is 0 Å². The van der Waals surface area contributed by atoms with Crippen molar-refractivity contribution in [3.05, 3.63) is 344 Å². The van der Waals surface area contributed by atoms with E-state index in [1.165, 1.54) is 22.1 Å². The van der Waals surface area contributed by atoms with Crippen molar-refractivity contribution in [3.8, 4) is 62.1 Å². The van der Waals surface area contributed by atoms with Gasteiger partial charge in [0, 0.05) is 67.2 Å². The molecule has 15 aromatic rings. The second kappa shape index (κ2) is 24.4. The topological polar surface area (TPSA) is 103 Å². The Morgan fingerprint density at radius 1 is 0.323 bits per heavy atom. The first kappa shape index (κ1) is 57.2. The molecule has 4 heterocycles. The number of fused-ring (bicyclic) bond motifs is 7. The molecule has 0 unspecified atom stereocenters. The molecule has 0 radical (unpaired) electrons. The van der Waals surface area contributed by atoms with E-state index in [9.17, 15) is 9.59 Å². The lowest BCUT2D eigenvalue weighted by Crippen LogP contribution is -2.61. The average Bonchev–Trinajstić information content (AvgIpc) is 0.928. The van der Waals surface area contributed by atoms with Crippen LogP contribution in [-0.2, 0) is 22.7 Å². The van der Waals surface area contributed by atoms with E-state index in [0.29, 0.717) is 28.6 Å². The molecule has 17 rings (SSSR count). The normalized spacial score (nSPS) is 12.1. The van der Waals surface area contributed by atoms with Crippen molar-refractivity contribution in [3.63, 3.8) is 0 Å². The molecule has 96 heavy (non-hydrogen) atoms. The quantitative estimate of drug-likeness (QED) is 0.0778. The van der Waals surface area contributed by atoms with Gasteiger partial charge >= 0.3 is 11.9 Å². The highest BCUT2D eigenvalue weighted by atomic mass is 16.5. The molecule has 2 aromatic heterocycles. The number of aromatic nitrogens is 4. The number of para-hydroxylation sites is 3. The molecule has 10 nitrogen and oxygen atoms in total. The number of benzene rings is 13. The second-order valence-corrected chi connectivity index (χ2v) is 24.1. The Balaban J connectivity index is 0.805. The molecule has 0 fully saturated rings. The lowest BCUT2D eigenvalue weighted by Gasteiger charge is -2.44. The van der Waals surface area contributed by atoms with E-state index in [4.69, 9.17) is 24.4 Å². The molecule has 0 aliphatic carbocycles. The summed E-state index contributed by atoms with van der Waals surface area (Å²) in [5.41, 5.74) is 21.9. The van der Waals surface area contributed by atoms with Crippen LogP contribution in [0, 0.1) is 0 Å². The lowest BCUT2D eigenvalue weighted by atomic mass is 9.33. The zero-order chi connectivity index (χ0) is 64.1. The van der Waals surface area contributed by atoms with Crippen LogP contribution in [0.4, 0.5) is 34.1 Å². The number of hydrogen-bond donors (Lipinski definition) is 0. The van der Waals surface area contributed by atoms with Crippen molar-refractivity contribution in [1.29, 1.82) is 0 Å². The Kier molecular flexibility index (Phi) is 14.5. The fourth-order valence-electron chi connectivity index (χ4n) is 13.8. The number of carbonyl (C=O) groups is 2. The molecule has 0 N–H and O–H groups in total. The Morgan fingerprint density at radius 3 is 1.28 bits per heavy atom. The summed E-state index contributed by atoms with van der Waals surface area (Å²) in [7, 11) is 0. The van der Waals surface area contributed by atoms with Crippen LogP contribution < -0.4 is 26.2 Å². The Labute approximate surface area is 555 Å². The first-order valence-electron chi connectivity index (χ1n) is 32.1. The smallest absolute Gasteiger partial charge is 0.338 e. The molecule has 13 aromatic carbocycles. The van der Waals surface area contributed by atoms with Crippen molar-refractivity contribution in [2.45, 2.75) is 13.2 Å². The van der Waals surface area contributed by atoms with Crippen LogP contribution in [0.1, 0.15) is 31.8 Å². The largest absolute Gasteiger partial charge is 0.457 e. The lowest BCUT2D eigenvalue weighted by molar-refractivity contribution is 0.0464. The van der Waals surface area contributed by atoms with Crippen LogP contribution in [-0.4, -0.2) is 38.2 Å². The molecular formula is C85H57BN6O4. The summed E-state index contributed by atoms with van der Waals surface area (Å²) >= 11 is 0. The van der Waals surface area contributed by atoms with Gasteiger partial charge in [0.25, 0.3) is 6.71 Å². The predicted molar refractivity (Wildman–Crippen MR) is 386 cm³/mol. The minimum absolute atomic E-state index is 0.0290. The van der Waals surface area contributed by atoms with Crippen molar-refractivity contribution < 1.29 is 19.1 Å². The van der Waals surface area contributed by atoms with Crippen LogP contribution in [0.5, 0.6) is 0 Å². The van der Waals surface area contributed by atoms with E-state index in [-0.39, 0.29) is 19.9 Å². The van der Waals surface area contributed by atoms with Gasteiger partial charge in [-0.3, -0.25) is 0 Å². The minimum Gasteiger partial charge on any atom is -0.457 e. The molecule has 0 saturated carbocycles. The number of carbonyl (C=O) groups excluding carboxylic acids is 2. The van der Waals surface area contributed by atoms with Gasteiger partial charge in [0.1, 0.15) is 13.2 Å². The molecular weight excluding hydrogens is 1180 g/mol. The highest BCUT2D eigenvalue weighted by molar-refractivity contribution is 7.00. The Bertz CT molecular complexity index is 5310. The van der Waals surface area contributed by atoms with Crippen molar-refractivity contribution >= 4 is 91.0 Å². The standard InChI is InChI=1S/C85H57BN6O4/c93-84(95-54-56-22-6-1-7-23-56)64-45-48-74-69(52-64)70-53-65(85(94)96-55-57-24-8-2-9-25-57)46-49-75(70)92(74)73-47-44-63(83-88-81(60-26-10-3-11-27-60)87-82(89-83)61-28-12-4-13-29-61)51-68(73)59-42-40-58(41-43-59)62-30-20-33-67(50-62)91-77-37-19-17-35-72(77)86-71-34-16-18-36-76(71)90(66-31-14-5-15-32-66)78-38-21-39-79(91)80(78)86/h1-53H,54-55H2. The fourth-order valence-corrected chi connectivity index (χ4v) is 13.8. The molecule has 0 atom stereocenters. The number of anilines is 6. The number of rotatable bonds is 14. The Morgan fingerprint density at radius 2 is 0.740 bits per heavy atom. The third-order valence-corrected chi connectivity index (χ3v) is 18.3. The highest BCUT2D eigenvalue weighted by Crippen LogP contribution is 2.45. The van der Waals surface area contributed by atoms with E-state index in [0.717, 1.165) is 106 Å². The number of hydrogen-bond acceptors (Lipinski definition) is 9. The number of nitrogens with zero attached hydrogens (tertiary/aromatic N) is 6. The molecule has 11 heteroatoms. The zero-order valence-corrected chi connectivity index (χ0v) is 51.9. The van der Waals surface area contributed by atoms with Crippen LogP contribution in [0.3, 0.4) is 0 Å². The van der Waals surface area contributed by atoms with Gasteiger partial charge in [-0.25, -0.2) is 24.5 Å². The minimum atomic E-state index is -0.465. The SMILES string of the molecule is O=C(OCc1ccccc1)c1ccc2c(c1)c1cc(C(=O)OCc3ccccc3)ccc1n2-c1ccc(-c2nc(-c3ccccc3)nc(-c3ccccc3)n2)cc1-c1ccc(-c2cccc(N3c4ccccc4B4c5ccccc5N(c5ccccc5)c5cccc3c54)c2)cc1. The number of ether oxygens (including phenoxy) is 2. The third kappa shape index (κ3) is 10.4. The summed E-state index contributed by atoms with van der Waals surface area (Å²) in [6.07, 6.45) is 0. The predicted octanol–water partition coefficient (Wildman–Crippen LogP) is 18.1. The number of esters is 2. The van der Waals surface area contributed by atoms with E-state index < -0.39 is 11.9 Å². The first-order valence-corrected chi connectivity index (χ1v) is 32.1. The van der Waals surface area contributed by atoms with Crippen molar-refractivity contribution in [1.82, 2.24) is 19.5 Å². The van der Waals surface area contributed by atoms with Crippen LogP contribution in [0.2, 0.25) is 0 Å².